The molecule has 0 radical (unpaired) electrons. The van der Waals surface area contributed by atoms with Gasteiger partial charge in [-0.05, 0) is 74.6 Å². The summed E-state index contributed by atoms with van der Waals surface area (Å²) < 4.78 is 25.9. The lowest BCUT2D eigenvalue weighted by Crippen LogP contribution is -2.53. The van der Waals surface area contributed by atoms with Crippen LogP contribution in [0.25, 0.3) is 0 Å². The van der Waals surface area contributed by atoms with Crippen molar-refractivity contribution in [2.24, 2.45) is 0 Å². The molecule has 0 aromatic heterocycles. The average molecular weight is 516 g/mol. The summed E-state index contributed by atoms with van der Waals surface area (Å²) in [7, 11) is -1.81. The van der Waals surface area contributed by atoms with E-state index in [9.17, 15) is 23.0 Å². The van der Waals surface area contributed by atoms with Crippen LogP contribution in [0.1, 0.15) is 50.2 Å². The Morgan fingerprint density at radius 3 is 2.36 bits per heavy atom. The molecule has 0 aliphatic heterocycles. The lowest BCUT2D eigenvalue weighted by molar-refractivity contribution is -0.126. The molecular weight excluding hydrogens is 481 g/mol. The Hall–Kier alpha value is -3.07. The average Bonchev–Trinajstić information content (AvgIpc) is 3.33. The summed E-state index contributed by atoms with van der Waals surface area (Å²) in [6, 6.07) is 10.2. The molecule has 3 amide bonds. The standard InChI is InChI=1S/C27H34FN3O4S/c1-4-23(27(34)30-21-7-5-6-8-21)31(24-15-18(2)9-10-19(24)3)26(33)17-36(35)16-25(32)29-22-13-11-20(28)12-14-22/h9-15,21,23H,4-8,16-17H2,1-3H3,(H,29,32)(H,30,34)/t23-,36+/m1/s1. The summed E-state index contributed by atoms with van der Waals surface area (Å²) in [5.41, 5.74) is 2.72. The zero-order chi connectivity index (χ0) is 26.2. The minimum Gasteiger partial charge on any atom is -0.352 e. The highest BCUT2D eigenvalue weighted by Gasteiger charge is 2.33. The number of nitrogens with one attached hydrogen (secondary N) is 2. The van der Waals surface area contributed by atoms with E-state index in [0.717, 1.165) is 36.8 Å². The van der Waals surface area contributed by atoms with Crippen LogP contribution in [0.4, 0.5) is 15.8 Å². The Labute approximate surface area is 214 Å². The molecular formula is C27H34FN3O4S. The third kappa shape index (κ3) is 7.46. The normalized spacial score (nSPS) is 15.2. The minimum atomic E-state index is -1.81. The number of anilines is 2. The number of nitrogens with zero attached hydrogens (tertiary/aromatic N) is 1. The van der Waals surface area contributed by atoms with Gasteiger partial charge in [-0.1, -0.05) is 31.9 Å². The predicted octanol–water partition coefficient (Wildman–Crippen LogP) is 4.00. The number of rotatable bonds is 10. The Morgan fingerprint density at radius 2 is 1.72 bits per heavy atom. The second kappa shape index (κ2) is 12.8. The van der Waals surface area contributed by atoms with E-state index < -0.39 is 46.0 Å². The molecule has 1 saturated carbocycles. The molecule has 7 nitrogen and oxygen atoms in total. The fraction of sp³-hybridized carbons (Fsp3) is 0.444. The molecule has 2 aromatic rings. The van der Waals surface area contributed by atoms with Crippen LogP contribution in [0.2, 0.25) is 0 Å². The first-order valence-electron chi connectivity index (χ1n) is 12.3. The third-order valence-corrected chi connectivity index (χ3v) is 7.45. The van der Waals surface area contributed by atoms with Gasteiger partial charge in [0, 0.05) is 28.2 Å². The second-order valence-corrected chi connectivity index (χ2v) is 10.7. The number of amides is 3. The van der Waals surface area contributed by atoms with Crippen LogP contribution in [0.3, 0.4) is 0 Å². The quantitative estimate of drug-likeness (QED) is 0.500. The van der Waals surface area contributed by atoms with Crippen LogP contribution >= 0.6 is 0 Å². The zero-order valence-electron chi connectivity index (χ0n) is 21.0. The van der Waals surface area contributed by atoms with Crippen molar-refractivity contribution >= 4 is 39.9 Å². The molecule has 1 fully saturated rings. The van der Waals surface area contributed by atoms with Crippen molar-refractivity contribution in [3.8, 4) is 0 Å². The van der Waals surface area contributed by atoms with Crippen LogP contribution in [-0.2, 0) is 25.2 Å². The Morgan fingerprint density at radius 1 is 1.06 bits per heavy atom. The molecule has 1 aliphatic carbocycles. The predicted molar refractivity (Wildman–Crippen MR) is 141 cm³/mol. The number of halogens is 1. The number of benzene rings is 2. The van der Waals surface area contributed by atoms with Gasteiger partial charge in [-0.15, -0.1) is 0 Å². The monoisotopic (exact) mass is 515 g/mol. The van der Waals surface area contributed by atoms with E-state index >= 15 is 0 Å². The highest BCUT2D eigenvalue weighted by molar-refractivity contribution is 7.86. The van der Waals surface area contributed by atoms with Crippen molar-refractivity contribution in [2.45, 2.75) is 65.0 Å². The SMILES string of the molecule is CC[C@H](C(=O)NC1CCCC1)N(C(=O)C[S@@](=O)CC(=O)Nc1ccc(F)cc1)c1cc(C)ccc1C. The van der Waals surface area contributed by atoms with Crippen LogP contribution in [0.5, 0.6) is 0 Å². The van der Waals surface area contributed by atoms with Crippen molar-refractivity contribution in [3.05, 3.63) is 59.4 Å². The highest BCUT2D eigenvalue weighted by Crippen LogP contribution is 2.26. The van der Waals surface area contributed by atoms with E-state index in [0.29, 0.717) is 17.8 Å². The van der Waals surface area contributed by atoms with E-state index in [1.807, 2.05) is 39.0 Å². The first kappa shape index (κ1) is 27.5. The number of hydrogen-bond donors (Lipinski definition) is 2. The van der Waals surface area contributed by atoms with Crippen LogP contribution in [0, 0.1) is 19.7 Å². The van der Waals surface area contributed by atoms with Gasteiger partial charge in [-0.3, -0.25) is 23.5 Å². The maximum Gasteiger partial charge on any atom is 0.243 e. The van der Waals surface area contributed by atoms with Gasteiger partial charge in [-0.25, -0.2) is 4.39 Å². The lowest BCUT2D eigenvalue weighted by Gasteiger charge is -2.32. The van der Waals surface area contributed by atoms with Gasteiger partial charge in [0.25, 0.3) is 0 Å². The van der Waals surface area contributed by atoms with Gasteiger partial charge in [0.05, 0.1) is 0 Å². The first-order chi connectivity index (χ1) is 17.2. The molecule has 9 heteroatoms. The van der Waals surface area contributed by atoms with Gasteiger partial charge in [-0.2, -0.15) is 0 Å². The topological polar surface area (TPSA) is 95.6 Å². The Balaban J connectivity index is 1.76. The number of aryl methyl sites for hydroxylation is 2. The van der Waals surface area contributed by atoms with Crippen molar-refractivity contribution in [2.75, 3.05) is 21.7 Å². The molecule has 2 atom stereocenters. The molecule has 36 heavy (non-hydrogen) atoms. The van der Waals surface area contributed by atoms with E-state index in [1.54, 1.807) is 0 Å². The first-order valence-corrected chi connectivity index (χ1v) is 13.8. The largest absolute Gasteiger partial charge is 0.352 e. The van der Waals surface area contributed by atoms with E-state index in [4.69, 9.17) is 0 Å². The number of hydrogen-bond acceptors (Lipinski definition) is 4. The van der Waals surface area contributed by atoms with Crippen molar-refractivity contribution in [3.63, 3.8) is 0 Å². The van der Waals surface area contributed by atoms with Crippen LogP contribution in [0.15, 0.2) is 42.5 Å². The zero-order valence-corrected chi connectivity index (χ0v) is 21.8. The molecule has 0 spiro atoms. The van der Waals surface area contributed by atoms with Crippen molar-refractivity contribution < 1.29 is 23.0 Å². The number of carbonyl (C=O) groups excluding carboxylic acids is 3. The van der Waals surface area contributed by atoms with Gasteiger partial charge in [0.2, 0.25) is 17.7 Å². The van der Waals surface area contributed by atoms with Crippen molar-refractivity contribution in [1.82, 2.24) is 5.32 Å². The van der Waals surface area contributed by atoms with E-state index in [-0.39, 0.29) is 11.9 Å². The Kier molecular flexibility index (Phi) is 9.75. The van der Waals surface area contributed by atoms with Gasteiger partial charge < -0.3 is 10.6 Å². The van der Waals surface area contributed by atoms with Gasteiger partial charge in [0.1, 0.15) is 23.4 Å². The molecule has 0 saturated heterocycles. The molecule has 194 valence electrons. The highest BCUT2D eigenvalue weighted by atomic mass is 32.2. The van der Waals surface area contributed by atoms with Crippen molar-refractivity contribution in [1.29, 1.82) is 0 Å². The summed E-state index contributed by atoms with van der Waals surface area (Å²) in [4.78, 5) is 40.6. The minimum absolute atomic E-state index is 0.103. The molecule has 0 unspecified atom stereocenters. The fourth-order valence-electron chi connectivity index (χ4n) is 4.44. The van der Waals surface area contributed by atoms with Crippen LogP contribution < -0.4 is 15.5 Å². The molecule has 2 N–H and O–H groups in total. The maximum absolute atomic E-state index is 13.5. The van der Waals surface area contributed by atoms with Gasteiger partial charge in [0.15, 0.2) is 0 Å². The van der Waals surface area contributed by atoms with E-state index in [1.165, 1.54) is 29.2 Å². The summed E-state index contributed by atoms with van der Waals surface area (Å²) >= 11 is 0. The van der Waals surface area contributed by atoms with Gasteiger partial charge >= 0.3 is 0 Å². The Bertz CT molecular complexity index is 1120. The summed E-state index contributed by atoms with van der Waals surface area (Å²) in [5, 5.41) is 5.64. The molecule has 1 aliphatic rings. The summed E-state index contributed by atoms with van der Waals surface area (Å²) in [6.07, 6.45) is 4.37. The van der Waals surface area contributed by atoms with E-state index in [2.05, 4.69) is 10.6 Å². The molecule has 0 heterocycles. The molecule has 0 bridgehead atoms. The third-order valence-electron chi connectivity index (χ3n) is 6.30. The fourth-order valence-corrected chi connectivity index (χ4v) is 5.32. The maximum atomic E-state index is 13.5. The second-order valence-electron chi connectivity index (χ2n) is 9.25. The molecule has 2 aromatic carbocycles. The number of carbonyl (C=O) groups is 3. The molecule has 3 rings (SSSR count). The summed E-state index contributed by atoms with van der Waals surface area (Å²) in [5.74, 6) is -2.48. The summed E-state index contributed by atoms with van der Waals surface area (Å²) in [6.45, 7) is 5.62. The van der Waals surface area contributed by atoms with Crippen LogP contribution in [-0.4, -0.2) is 45.5 Å². The smallest absolute Gasteiger partial charge is 0.243 e. The lowest BCUT2D eigenvalue weighted by atomic mass is 10.1.